The van der Waals surface area contributed by atoms with Gasteiger partial charge in [0.1, 0.15) is 5.69 Å². The Morgan fingerprint density at radius 2 is 2.44 bits per heavy atom. The Morgan fingerprint density at radius 1 is 1.61 bits per heavy atom. The minimum absolute atomic E-state index is 0.104. The van der Waals surface area contributed by atoms with Crippen molar-refractivity contribution in [2.45, 2.75) is 13.3 Å². The smallest absolute Gasteiger partial charge is 0.246 e. The number of carbonyl (C=O) groups is 1. The Labute approximate surface area is 110 Å². The lowest BCUT2D eigenvalue weighted by atomic mass is 10.2. The highest BCUT2D eigenvalue weighted by molar-refractivity contribution is 7.13. The maximum absolute atomic E-state index is 11.4. The lowest BCUT2D eigenvalue weighted by Crippen LogP contribution is -2.26. The molecule has 0 spiro atoms. The molecule has 2 aromatic heterocycles. The molecule has 4 nitrogen and oxygen atoms in total. The van der Waals surface area contributed by atoms with E-state index in [0.29, 0.717) is 12.1 Å². The second-order valence-electron chi connectivity index (χ2n) is 3.99. The van der Waals surface area contributed by atoms with Crippen molar-refractivity contribution in [1.29, 1.82) is 0 Å². The summed E-state index contributed by atoms with van der Waals surface area (Å²) in [5, 5.41) is 4.83. The minimum atomic E-state index is -0.104. The third-order valence-electron chi connectivity index (χ3n) is 2.52. The number of hydrogen-bond acceptors (Lipinski definition) is 3. The lowest BCUT2D eigenvalue weighted by Gasteiger charge is -2.04. The SMILES string of the molecule is C=C(C)C(=O)NCCc1[nH]cnc1-c1cccs1. The van der Waals surface area contributed by atoms with Crippen LogP contribution in [0, 0.1) is 0 Å². The molecule has 0 bridgehead atoms. The van der Waals surface area contributed by atoms with Gasteiger partial charge in [0, 0.05) is 24.2 Å². The fourth-order valence-corrected chi connectivity index (χ4v) is 2.34. The third-order valence-corrected chi connectivity index (χ3v) is 3.40. The summed E-state index contributed by atoms with van der Waals surface area (Å²) < 4.78 is 0. The largest absolute Gasteiger partial charge is 0.352 e. The van der Waals surface area contributed by atoms with Gasteiger partial charge in [0.15, 0.2) is 0 Å². The van der Waals surface area contributed by atoms with Crippen molar-refractivity contribution < 1.29 is 4.79 Å². The van der Waals surface area contributed by atoms with Gasteiger partial charge in [-0.3, -0.25) is 4.79 Å². The van der Waals surface area contributed by atoms with Crippen molar-refractivity contribution in [3.05, 3.63) is 41.7 Å². The van der Waals surface area contributed by atoms with Gasteiger partial charge in [0.2, 0.25) is 5.91 Å². The summed E-state index contributed by atoms with van der Waals surface area (Å²) in [6, 6.07) is 4.04. The summed E-state index contributed by atoms with van der Waals surface area (Å²) in [4.78, 5) is 19.9. The molecule has 2 N–H and O–H groups in total. The first-order chi connectivity index (χ1) is 8.68. The molecular formula is C13H15N3OS. The van der Waals surface area contributed by atoms with Crippen LogP contribution in [-0.2, 0) is 11.2 Å². The van der Waals surface area contributed by atoms with Crippen molar-refractivity contribution in [2.24, 2.45) is 0 Å². The molecule has 0 aromatic carbocycles. The van der Waals surface area contributed by atoms with Crippen LogP contribution in [0.3, 0.4) is 0 Å². The second kappa shape index (κ2) is 5.64. The monoisotopic (exact) mass is 261 g/mol. The average molecular weight is 261 g/mol. The molecular weight excluding hydrogens is 246 g/mol. The quantitative estimate of drug-likeness (QED) is 0.812. The summed E-state index contributed by atoms with van der Waals surface area (Å²) >= 11 is 1.66. The normalized spacial score (nSPS) is 10.3. The Kier molecular flexibility index (Phi) is 3.94. The zero-order valence-corrected chi connectivity index (χ0v) is 11.0. The summed E-state index contributed by atoms with van der Waals surface area (Å²) in [6.07, 6.45) is 2.41. The van der Waals surface area contributed by atoms with E-state index in [-0.39, 0.29) is 5.91 Å². The van der Waals surface area contributed by atoms with Gasteiger partial charge in [0.05, 0.1) is 11.2 Å². The predicted molar refractivity (Wildman–Crippen MR) is 73.4 cm³/mol. The topological polar surface area (TPSA) is 57.8 Å². The fourth-order valence-electron chi connectivity index (χ4n) is 1.59. The molecule has 18 heavy (non-hydrogen) atoms. The molecule has 0 aliphatic heterocycles. The molecule has 94 valence electrons. The summed E-state index contributed by atoms with van der Waals surface area (Å²) in [5.74, 6) is -0.104. The van der Waals surface area contributed by atoms with Gasteiger partial charge in [0.25, 0.3) is 0 Å². The number of H-pyrrole nitrogens is 1. The molecule has 0 aliphatic carbocycles. The fraction of sp³-hybridized carbons (Fsp3) is 0.231. The molecule has 0 aliphatic rings. The number of amides is 1. The van der Waals surface area contributed by atoms with E-state index < -0.39 is 0 Å². The van der Waals surface area contributed by atoms with Gasteiger partial charge < -0.3 is 10.3 Å². The van der Waals surface area contributed by atoms with Gasteiger partial charge in [-0.25, -0.2) is 4.98 Å². The number of aromatic nitrogens is 2. The Bertz CT molecular complexity index is 542. The number of thiophene rings is 1. The molecule has 0 unspecified atom stereocenters. The molecule has 2 rings (SSSR count). The first kappa shape index (κ1) is 12.6. The summed E-state index contributed by atoms with van der Waals surface area (Å²) in [7, 11) is 0. The van der Waals surface area contributed by atoms with Crippen LogP contribution < -0.4 is 5.32 Å². The van der Waals surface area contributed by atoms with Crippen molar-refractivity contribution >= 4 is 17.2 Å². The molecule has 0 saturated carbocycles. The first-order valence-corrected chi connectivity index (χ1v) is 6.56. The van der Waals surface area contributed by atoms with Crippen LogP contribution in [0.2, 0.25) is 0 Å². The molecule has 2 aromatic rings. The Hall–Kier alpha value is -1.88. The number of hydrogen-bond donors (Lipinski definition) is 2. The van der Waals surface area contributed by atoms with Crippen LogP contribution in [0.25, 0.3) is 10.6 Å². The van der Waals surface area contributed by atoms with Gasteiger partial charge in [-0.15, -0.1) is 11.3 Å². The van der Waals surface area contributed by atoms with Gasteiger partial charge in [-0.2, -0.15) is 0 Å². The number of carbonyl (C=O) groups excluding carboxylic acids is 1. The van der Waals surface area contributed by atoms with Crippen LogP contribution in [0.1, 0.15) is 12.6 Å². The van der Waals surface area contributed by atoms with Crippen LogP contribution in [0.15, 0.2) is 36.0 Å². The highest BCUT2D eigenvalue weighted by Gasteiger charge is 2.09. The molecule has 0 saturated heterocycles. The first-order valence-electron chi connectivity index (χ1n) is 5.68. The molecule has 0 fully saturated rings. The van der Waals surface area contributed by atoms with Crippen molar-refractivity contribution in [3.8, 4) is 10.6 Å². The molecule has 0 radical (unpaired) electrons. The molecule has 2 heterocycles. The summed E-state index contributed by atoms with van der Waals surface area (Å²) in [5.41, 5.74) is 2.53. The van der Waals surface area contributed by atoms with Gasteiger partial charge >= 0.3 is 0 Å². The number of aromatic amines is 1. The van der Waals surface area contributed by atoms with Crippen molar-refractivity contribution in [3.63, 3.8) is 0 Å². The van der Waals surface area contributed by atoms with E-state index >= 15 is 0 Å². The van der Waals surface area contributed by atoms with E-state index in [2.05, 4.69) is 21.9 Å². The van der Waals surface area contributed by atoms with Crippen LogP contribution in [0.4, 0.5) is 0 Å². The average Bonchev–Trinajstić information content (AvgIpc) is 2.98. The van der Waals surface area contributed by atoms with E-state index in [9.17, 15) is 4.79 Å². The standard InChI is InChI=1S/C13H15N3OS/c1-9(2)13(17)14-6-5-10-12(16-8-15-10)11-4-3-7-18-11/h3-4,7-8H,1,5-6H2,2H3,(H,14,17)(H,15,16). The van der Waals surface area contributed by atoms with Crippen LogP contribution in [-0.4, -0.2) is 22.4 Å². The number of nitrogens with one attached hydrogen (secondary N) is 2. The van der Waals surface area contributed by atoms with Crippen molar-refractivity contribution in [2.75, 3.05) is 6.54 Å². The van der Waals surface area contributed by atoms with E-state index in [1.807, 2.05) is 17.5 Å². The maximum atomic E-state index is 11.4. The highest BCUT2D eigenvalue weighted by Crippen LogP contribution is 2.25. The van der Waals surface area contributed by atoms with Crippen LogP contribution >= 0.6 is 11.3 Å². The highest BCUT2D eigenvalue weighted by atomic mass is 32.1. The zero-order valence-electron chi connectivity index (χ0n) is 10.2. The van der Waals surface area contributed by atoms with Crippen LogP contribution in [0.5, 0.6) is 0 Å². The third kappa shape index (κ3) is 2.87. The van der Waals surface area contributed by atoms with Gasteiger partial charge in [-0.05, 0) is 18.4 Å². The van der Waals surface area contributed by atoms with Gasteiger partial charge in [-0.1, -0.05) is 12.6 Å². The number of imidazole rings is 1. The lowest BCUT2D eigenvalue weighted by molar-refractivity contribution is -0.117. The Morgan fingerprint density at radius 3 is 3.11 bits per heavy atom. The van der Waals surface area contributed by atoms with Crippen molar-refractivity contribution in [1.82, 2.24) is 15.3 Å². The van der Waals surface area contributed by atoms with E-state index in [0.717, 1.165) is 22.7 Å². The maximum Gasteiger partial charge on any atom is 0.246 e. The zero-order chi connectivity index (χ0) is 13.0. The molecule has 5 heteroatoms. The number of rotatable bonds is 5. The summed E-state index contributed by atoms with van der Waals surface area (Å²) in [6.45, 7) is 5.87. The minimum Gasteiger partial charge on any atom is -0.352 e. The second-order valence-corrected chi connectivity index (χ2v) is 4.94. The van der Waals surface area contributed by atoms with E-state index in [1.165, 1.54) is 0 Å². The number of nitrogens with zero attached hydrogens (tertiary/aromatic N) is 1. The Balaban J connectivity index is 1.97. The molecule has 0 atom stereocenters. The van der Waals surface area contributed by atoms with E-state index in [1.54, 1.807) is 24.6 Å². The predicted octanol–water partition coefficient (Wildman–Crippen LogP) is 2.37. The van der Waals surface area contributed by atoms with E-state index in [4.69, 9.17) is 0 Å². The molecule has 1 amide bonds.